The topological polar surface area (TPSA) is 111 Å². The lowest BCUT2D eigenvalue weighted by atomic mass is 10.1. The van der Waals surface area contributed by atoms with Crippen LogP contribution in [0.25, 0.3) is 11.3 Å². The zero-order valence-corrected chi connectivity index (χ0v) is 17.5. The number of carbonyl (C=O) groups excluding carboxylic acids is 3. The maximum absolute atomic E-state index is 12.1. The summed E-state index contributed by atoms with van der Waals surface area (Å²) >= 11 is 0. The van der Waals surface area contributed by atoms with Crippen molar-refractivity contribution in [3.63, 3.8) is 0 Å². The fraction of sp³-hybridized carbons (Fsp3) is 0.217. The molecule has 2 amide bonds. The van der Waals surface area contributed by atoms with Gasteiger partial charge in [0.25, 0.3) is 5.91 Å². The molecule has 0 fully saturated rings. The standard InChI is InChI=1S/C23H23N3O5/c1-14-8-15(2)22(16(3)9-14)26-20(27)11-25-21(28)12-30-23(29)18-6-4-17(5-7-18)19-10-24-13-31-19/h4-10,13H,11-12H2,1-3H3,(H,25,28)(H,26,27). The summed E-state index contributed by atoms with van der Waals surface area (Å²) in [7, 11) is 0. The molecule has 1 heterocycles. The van der Waals surface area contributed by atoms with Gasteiger partial charge in [0.15, 0.2) is 18.8 Å². The van der Waals surface area contributed by atoms with E-state index in [1.807, 2.05) is 32.9 Å². The number of hydrogen-bond donors (Lipinski definition) is 2. The maximum atomic E-state index is 12.1. The van der Waals surface area contributed by atoms with Crippen molar-refractivity contribution in [1.29, 1.82) is 0 Å². The first kappa shape index (κ1) is 21.8. The summed E-state index contributed by atoms with van der Waals surface area (Å²) in [5.74, 6) is -1.000. The van der Waals surface area contributed by atoms with Crippen molar-refractivity contribution in [2.45, 2.75) is 20.8 Å². The van der Waals surface area contributed by atoms with Gasteiger partial charge in [0.1, 0.15) is 0 Å². The SMILES string of the molecule is Cc1cc(C)c(NC(=O)CNC(=O)COC(=O)c2ccc(-c3cnco3)cc2)c(C)c1. The molecule has 0 saturated carbocycles. The monoisotopic (exact) mass is 421 g/mol. The lowest BCUT2D eigenvalue weighted by Gasteiger charge is -2.13. The Hall–Kier alpha value is -3.94. The minimum atomic E-state index is -0.644. The number of amides is 2. The van der Waals surface area contributed by atoms with E-state index < -0.39 is 18.5 Å². The lowest BCUT2D eigenvalue weighted by molar-refractivity contribution is -0.126. The van der Waals surface area contributed by atoms with Crippen LogP contribution >= 0.6 is 0 Å². The molecule has 8 heteroatoms. The molecule has 0 radical (unpaired) electrons. The van der Waals surface area contributed by atoms with Crippen molar-refractivity contribution in [3.8, 4) is 11.3 Å². The highest BCUT2D eigenvalue weighted by Gasteiger charge is 2.13. The number of esters is 1. The molecule has 1 aromatic heterocycles. The zero-order chi connectivity index (χ0) is 22.4. The Bertz CT molecular complexity index is 1070. The number of nitrogens with zero attached hydrogens (tertiary/aromatic N) is 1. The Morgan fingerprint density at radius 1 is 1.00 bits per heavy atom. The largest absolute Gasteiger partial charge is 0.452 e. The van der Waals surface area contributed by atoms with Crippen LogP contribution < -0.4 is 10.6 Å². The molecule has 0 aliphatic heterocycles. The highest BCUT2D eigenvalue weighted by atomic mass is 16.5. The van der Waals surface area contributed by atoms with Crippen LogP contribution in [0.3, 0.4) is 0 Å². The minimum absolute atomic E-state index is 0.227. The Balaban J connectivity index is 1.44. The summed E-state index contributed by atoms with van der Waals surface area (Å²) in [6, 6.07) is 10.5. The van der Waals surface area contributed by atoms with Gasteiger partial charge in [-0.15, -0.1) is 0 Å². The summed E-state index contributed by atoms with van der Waals surface area (Å²) < 4.78 is 10.2. The van der Waals surface area contributed by atoms with Crippen molar-refractivity contribution in [2.24, 2.45) is 0 Å². The van der Waals surface area contributed by atoms with E-state index in [1.54, 1.807) is 30.5 Å². The predicted octanol–water partition coefficient (Wildman–Crippen LogP) is 3.18. The third-order valence-electron chi connectivity index (χ3n) is 4.56. The number of anilines is 1. The number of oxazole rings is 1. The minimum Gasteiger partial charge on any atom is -0.452 e. The Morgan fingerprint density at radius 3 is 2.29 bits per heavy atom. The van der Waals surface area contributed by atoms with Gasteiger partial charge in [-0.3, -0.25) is 9.59 Å². The number of aromatic nitrogens is 1. The molecule has 2 N–H and O–H groups in total. The van der Waals surface area contributed by atoms with Crippen molar-refractivity contribution in [2.75, 3.05) is 18.5 Å². The van der Waals surface area contributed by atoms with Crippen molar-refractivity contribution < 1.29 is 23.5 Å². The van der Waals surface area contributed by atoms with Crippen molar-refractivity contribution in [1.82, 2.24) is 10.3 Å². The average molecular weight is 421 g/mol. The number of rotatable bonds is 7. The molecule has 3 aromatic rings. The van der Waals surface area contributed by atoms with Gasteiger partial charge < -0.3 is 19.8 Å². The Labute approximate surface area is 179 Å². The number of ether oxygens (including phenoxy) is 1. The van der Waals surface area contributed by atoms with Crippen LogP contribution in [0.1, 0.15) is 27.0 Å². The molecule has 2 aromatic carbocycles. The van der Waals surface area contributed by atoms with Crippen LogP contribution in [0.2, 0.25) is 0 Å². The maximum Gasteiger partial charge on any atom is 0.338 e. The van der Waals surface area contributed by atoms with E-state index in [0.717, 1.165) is 27.9 Å². The van der Waals surface area contributed by atoms with Crippen LogP contribution in [0.15, 0.2) is 53.4 Å². The van der Waals surface area contributed by atoms with Gasteiger partial charge in [-0.2, -0.15) is 0 Å². The van der Waals surface area contributed by atoms with Crippen molar-refractivity contribution in [3.05, 3.63) is 71.2 Å². The fourth-order valence-electron chi connectivity index (χ4n) is 3.13. The van der Waals surface area contributed by atoms with Gasteiger partial charge in [-0.1, -0.05) is 29.8 Å². The summed E-state index contributed by atoms with van der Waals surface area (Å²) in [4.78, 5) is 40.0. The second kappa shape index (κ2) is 9.71. The molecule has 8 nitrogen and oxygen atoms in total. The summed E-state index contributed by atoms with van der Waals surface area (Å²) in [6.07, 6.45) is 2.88. The van der Waals surface area contributed by atoms with Gasteiger partial charge in [-0.25, -0.2) is 9.78 Å². The van der Waals surface area contributed by atoms with Gasteiger partial charge in [0, 0.05) is 11.3 Å². The fourth-order valence-corrected chi connectivity index (χ4v) is 3.13. The summed E-state index contributed by atoms with van der Waals surface area (Å²) in [6.45, 7) is 5.09. The van der Waals surface area contributed by atoms with Crippen LogP contribution in [0, 0.1) is 20.8 Å². The first-order chi connectivity index (χ1) is 14.8. The molecule has 0 saturated heterocycles. The predicted molar refractivity (Wildman–Crippen MR) is 115 cm³/mol. The van der Waals surface area contributed by atoms with Gasteiger partial charge in [0.2, 0.25) is 5.91 Å². The molecule has 0 aliphatic carbocycles. The van der Waals surface area contributed by atoms with Gasteiger partial charge >= 0.3 is 5.97 Å². The number of carbonyl (C=O) groups is 3. The van der Waals surface area contributed by atoms with E-state index in [4.69, 9.17) is 9.15 Å². The smallest absolute Gasteiger partial charge is 0.338 e. The van der Waals surface area contributed by atoms with E-state index >= 15 is 0 Å². The molecular weight excluding hydrogens is 398 g/mol. The number of aryl methyl sites for hydroxylation is 3. The molecule has 0 aliphatic rings. The highest BCUT2D eigenvalue weighted by Crippen LogP contribution is 2.22. The lowest BCUT2D eigenvalue weighted by Crippen LogP contribution is -2.35. The normalized spacial score (nSPS) is 10.4. The molecule has 31 heavy (non-hydrogen) atoms. The quantitative estimate of drug-likeness (QED) is 0.567. The number of benzene rings is 2. The van der Waals surface area contributed by atoms with Crippen molar-refractivity contribution >= 4 is 23.5 Å². The third-order valence-corrected chi connectivity index (χ3v) is 4.56. The van der Waals surface area contributed by atoms with Gasteiger partial charge in [-0.05, 0) is 44.0 Å². The highest BCUT2D eigenvalue weighted by molar-refractivity contribution is 5.96. The van der Waals surface area contributed by atoms with E-state index in [2.05, 4.69) is 15.6 Å². The second-order valence-electron chi connectivity index (χ2n) is 7.12. The molecule has 0 spiro atoms. The van der Waals surface area contributed by atoms with E-state index in [1.165, 1.54) is 6.39 Å². The van der Waals surface area contributed by atoms with Crippen LogP contribution in [0.4, 0.5) is 5.69 Å². The Morgan fingerprint density at radius 2 is 1.68 bits per heavy atom. The summed E-state index contributed by atoms with van der Waals surface area (Å²) in [5, 5.41) is 5.24. The van der Waals surface area contributed by atoms with Crippen LogP contribution in [0.5, 0.6) is 0 Å². The zero-order valence-electron chi connectivity index (χ0n) is 17.5. The van der Waals surface area contributed by atoms with Crippen LogP contribution in [-0.4, -0.2) is 35.9 Å². The molecule has 3 rings (SSSR count). The molecule has 0 bridgehead atoms. The first-order valence-electron chi connectivity index (χ1n) is 9.64. The average Bonchev–Trinajstić information content (AvgIpc) is 3.28. The van der Waals surface area contributed by atoms with E-state index in [-0.39, 0.29) is 12.5 Å². The Kier molecular flexibility index (Phi) is 6.81. The third kappa shape index (κ3) is 5.79. The molecule has 160 valence electrons. The number of nitrogens with one attached hydrogen (secondary N) is 2. The number of hydrogen-bond acceptors (Lipinski definition) is 6. The molecular formula is C23H23N3O5. The van der Waals surface area contributed by atoms with Crippen LogP contribution in [-0.2, 0) is 14.3 Å². The molecule has 0 unspecified atom stereocenters. The van der Waals surface area contributed by atoms with E-state index in [0.29, 0.717) is 11.3 Å². The molecule has 0 atom stereocenters. The van der Waals surface area contributed by atoms with Gasteiger partial charge in [0.05, 0.1) is 18.3 Å². The first-order valence-corrected chi connectivity index (χ1v) is 9.64. The van der Waals surface area contributed by atoms with E-state index in [9.17, 15) is 14.4 Å². The second-order valence-corrected chi connectivity index (χ2v) is 7.12. The summed E-state index contributed by atoms with van der Waals surface area (Å²) in [5.41, 5.74) is 4.78.